The molecule has 0 aliphatic rings. The first-order valence-electron chi connectivity index (χ1n) is 12.0. The third-order valence-corrected chi connectivity index (χ3v) is 19.7. The lowest BCUT2D eigenvalue weighted by molar-refractivity contribution is 0.152. The minimum atomic E-state index is -1.54. The molecule has 0 bridgehead atoms. The molecule has 5 nitrogen and oxygen atoms in total. The van der Waals surface area contributed by atoms with Crippen molar-refractivity contribution in [2.24, 2.45) is 0 Å². The Hall–Kier alpha value is -1.82. The van der Waals surface area contributed by atoms with Crippen LogP contribution in [0.1, 0.15) is 0 Å². The van der Waals surface area contributed by atoms with Crippen molar-refractivity contribution < 1.29 is 14.3 Å². The molecule has 2 aromatic carbocycles. The van der Waals surface area contributed by atoms with E-state index in [9.17, 15) is 4.79 Å². The van der Waals surface area contributed by atoms with Crippen molar-refractivity contribution in [1.82, 2.24) is 0 Å². The number of carbonyl (C=O) groups is 1. The van der Waals surface area contributed by atoms with E-state index in [4.69, 9.17) is 9.47 Å². The van der Waals surface area contributed by atoms with Gasteiger partial charge in [-0.05, 0) is 48.5 Å². The SMILES string of the molecule is C[Si](C)(C)N(c1ccc(OC(=O)Oc2ccc(N([Si](C)(C)C)[Si](C)(C)C)cc2)cc1)[Si](C)(C)C. The molecule has 0 aliphatic carbocycles. The number of ether oxygens (including phenoxy) is 2. The molecule has 0 saturated carbocycles. The molecule has 2 rings (SSSR count). The fraction of sp³-hybridized carbons (Fsp3) is 0.480. The zero-order chi connectivity index (χ0) is 26.1. The summed E-state index contributed by atoms with van der Waals surface area (Å²) in [6.07, 6.45) is -0.722. The fourth-order valence-corrected chi connectivity index (χ4v) is 24.9. The van der Waals surface area contributed by atoms with Gasteiger partial charge in [0.25, 0.3) is 0 Å². The molecule has 0 aromatic heterocycles. The average molecular weight is 533 g/mol. The quantitative estimate of drug-likeness (QED) is 0.195. The van der Waals surface area contributed by atoms with Gasteiger partial charge in [0.2, 0.25) is 0 Å². The van der Waals surface area contributed by atoms with E-state index < -0.39 is 39.1 Å². The summed E-state index contributed by atoms with van der Waals surface area (Å²) >= 11 is 0. The number of nitrogens with zero attached hydrogens (tertiary/aromatic N) is 2. The molecule has 0 spiro atoms. The largest absolute Gasteiger partial charge is 0.519 e. The summed E-state index contributed by atoms with van der Waals surface area (Å²) in [5, 5.41) is 0. The van der Waals surface area contributed by atoms with Crippen LogP contribution in [0, 0.1) is 0 Å². The molecule has 0 aliphatic heterocycles. The standard InChI is InChI=1S/C25H44N2O3Si4/c1-31(2,3)26(32(4,5)6)21-13-17-23(18-14-21)29-25(28)30-24-19-15-22(16-20-24)27(33(7,8)9)34(10,11)12/h13-20H,1-12H3. The molecule has 0 unspecified atom stereocenters. The fourth-order valence-electron chi connectivity index (χ4n) is 5.10. The second-order valence-electron chi connectivity index (χ2n) is 12.8. The van der Waals surface area contributed by atoms with E-state index in [2.05, 4.69) is 111 Å². The Labute approximate surface area is 211 Å². The summed E-state index contributed by atoms with van der Waals surface area (Å²) in [6, 6.07) is 15.6. The lowest BCUT2D eigenvalue weighted by atomic mass is 10.3. The maximum Gasteiger partial charge on any atom is 0.519 e. The zero-order valence-electron chi connectivity index (χ0n) is 23.2. The van der Waals surface area contributed by atoms with Crippen LogP contribution in [-0.2, 0) is 0 Å². The molecule has 0 N–H and O–H groups in total. The Bertz CT molecular complexity index is 861. The van der Waals surface area contributed by atoms with Crippen molar-refractivity contribution in [3.8, 4) is 11.5 Å². The number of carbonyl (C=O) groups excluding carboxylic acids is 1. The average Bonchev–Trinajstić information content (AvgIpc) is 2.60. The number of benzene rings is 2. The van der Waals surface area contributed by atoms with Crippen molar-refractivity contribution in [2.75, 3.05) is 8.46 Å². The lowest BCUT2D eigenvalue weighted by Crippen LogP contribution is -2.59. The number of rotatable bonds is 8. The number of anilines is 2. The molecule has 188 valence electrons. The van der Waals surface area contributed by atoms with Crippen LogP contribution >= 0.6 is 0 Å². The van der Waals surface area contributed by atoms with E-state index in [-0.39, 0.29) is 0 Å². The monoisotopic (exact) mass is 532 g/mol. The Morgan fingerprint density at radius 1 is 0.500 bits per heavy atom. The zero-order valence-corrected chi connectivity index (χ0v) is 27.2. The van der Waals surface area contributed by atoms with Gasteiger partial charge in [-0.3, -0.25) is 0 Å². The molecule has 0 fully saturated rings. The number of hydrogen-bond donors (Lipinski definition) is 0. The normalized spacial score (nSPS) is 12.8. The third-order valence-electron chi connectivity index (χ3n) is 5.28. The minimum absolute atomic E-state index is 0.486. The smallest absolute Gasteiger partial charge is 0.425 e. The van der Waals surface area contributed by atoms with Crippen molar-refractivity contribution in [1.29, 1.82) is 0 Å². The Morgan fingerprint density at radius 3 is 0.941 bits per heavy atom. The van der Waals surface area contributed by atoms with Crippen LogP contribution in [0.5, 0.6) is 11.5 Å². The Balaban J connectivity index is 2.10. The third kappa shape index (κ3) is 7.59. The Morgan fingerprint density at radius 2 is 0.735 bits per heavy atom. The summed E-state index contributed by atoms with van der Waals surface area (Å²) in [5.41, 5.74) is 2.40. The van der Waals surface area contributed by atoms with Crippen LogP contribution in [0.4, 0.5) is 16.2 Å². The molecule has 0 saturated heterocycles. The van der Waals surface area contributed by atoms with Gasteiger partial charge in [0.05, 0.1) is 0 Å². The maximum absolute atomic E-state index is 12.4. The summed E-state index contributed by atoms with van der Waals surface area (Å²) in [5.74, 6) is 0.972. The first kappa shape index (κ1) is 28.4. The van der Waals surface area contributed by atoms with Gasteiger partial charge in [0.15, 0.2) is 0 Å². The van der Waals surface area contributed by atoms with E-state index in [1.165, 1.54) is 11.4 Å². The van der Waals surface area contributed by atoms with Gasteiger partial charge in [-0.1, -0.05) is 78.6 Å². The summed E-state index contributed by atoms with van der Waals surface area (Å²) in [6.45, 7) is 28.4. The first-order chi connectivity index (χ1) is 15.3. The second-order valence-corrected chi connectivity index (χ2v) is 32.8. The lowest BCUT2D eigenvalue weighted by Gasteiger charge is -2.46. The van der Waals surface area contributed by atoms with Gasteiger partial charge in [-0.25, -0.2) is 4.79 Å². The van der Waals surface area contributed by atoms with Crippen LogP contribution < -0.4 is 17.9 Å². The molecule has 0 atom stereocenters. The Kier molecular flexibility index (Phi) is 8.39. The molecular weight excluding hydrogens is 489 g/mol. The predicted octanol–water partition coefficient (Wildman–Crippen LogP) is 8.22. The van der Waals surface area contributed by atoms with Gasteiger partial charge in [-0.15, -0.1) is 0 Å². The second kappa shape index (κ2) is 10.0. The maximum atomic E-state index is 12.4. The molecule has 0 heterocycles. The van der Waals surface area contributed by atoms with Gasteiger partial charge in [0, 0.05) is 11.4 Å². The highest BCUT2D eigenvalue weighted by Crippen LogP contribution is 2.31. The van der Waals surface area contributed by atoms with Crippen molar-refractivity contribution >= 4 is 50.5 Å². The van der Waals surface area contributed by atoms with Crippen molar-refractivity contribution in [3.63, 3.8) is 0 Å². The van der Waals surface area contributed by atoms with Crippen LogP contribution in [0.2, 0.25) is 78.6 Å². The van der Waals surface area contributed by atoms with Gasteiger partial charge in [0.1, 0.15) is 44.4 Å². The highest BCUT2D eigenvalue weighted by molar-refractivity contribution is 6.99. The topological polar surface area (TPSA) is 42.0 Å². The summed E-state index contributed by atoms with van der Waals surface area (Å²) in [7, 11) is -6.14. The molecule has 9 heteroatoms. The summed E-state index contributed by atoms with van der Waals surface area (Å²) in [4.78, 5) is 12.4. The van der Waals surface area contributed by atoms with E-state index in [1.807, 2.05) is 24.3 Å². The van der Waals surface area contributed by atoms with Crippen LogP contribution in [0.3, 0.4) is 0 Å². The first-order valence-corrected chi connectivity index (χ1v) is 25.8. The van der Waals surface area contributed by atoms with Crippen molar-refractivity contribution in [3.05, 3.63) is 48.5 Å². The van der Waals surface area contributed by atoms with Crippen LogP contribution in [0.15, 0.2) is 48.5 Å². The van der Waals surface area contributed by atoms with E-state index >= 15 is 0 Å². The van der Waals surface area contributed by atoms with Crippen LogP contribution in [-0.4, -0.2) is 39.1 Å². The van der Waals surface area contributed by atoms with Gasteiger partial charge in [-0.2, -0.15) is 0 Å². The van der Waals surface area contributed by atoms with E-state index in [0.717, 1.165) is 0 Å². The predicted molar refractivity (Wildman–Crippen MR) is 158 cm³/mol. The molecule has 0 amide bonds. The highest BCUT2D eigenvalue weighted by atomic mass is 28.4. The number of hydrogen-bond acceptors (Lipinski definition) is 5. The molecule has 2 aromatic rings. The summed E-state index contributed by atoms with van der Waals surface area (Å²) < 4.78 is 16.2. The molecule has 34 heavy (non-hydrogen) atoms. The van der Waals surface area contributed by atoms with E-state index in [1.54, 1.807) is 0 Å². The molecular formula is C25H44N2O3Si4. The molecule has 0 radical (unpaired) electrons. The van der Waals surface area contributed by atoms with Gasteiger partial charge < -0.3 is 17.9 Å². The van der Waals surface area contributed by atoms with Gasteiger partial charge >= 0.3 is 6.16 Å². The minimum Gasteiger partial charge on any atom is -0.425 e. The van der Waals surface area contributed by atoms with Crippen molar-refractivity contribution in [2.45, 2.75) is 78.6 Å². The van der Waals surface area contributed by atoms with Crippen LogP contribution in [0.25, 0.3) is 0 Å². The highest BCUT2D eigenvalue weighted by Gasteiger charge is 2.35. The van der Waals surface area contributed by atoms with E-state index in [0.29, 0.717) is 11.5 Å².